The Morgan fingerprint density at radius 3 is 1.97 bits per heavy atom. The van der Waals surface area contributed by atoms with Gasteiger partial charge in [-0.2, -0.15) is 0 Å². The molecule has 34 heavy (non-hydrogen) atoms. The summed E-state index contributed by atoms with van der Waals surface area (Å²) >= 11 is 0. The zero-order valence-corrected chi connectivity index (χ0v) is 21.4. The Morgan fingerprint density at radius 2 is 1.53 bits per heavy atom. The summed E-state index contributed by atoms with van der Waals surface area (Å²) in [6, 6.07) is 21.3. The van der Waals surface area contributed by atoms with Crippen LogP contribution in [0.1, 0.15) is 65.0 Å². The molecule has 0 unspecified atom stereocenters. The van der Waals surface area contributed by atoms with Gasteiger partial charge < -0.3 is 9.47 Å². The molecule has 0 radical (unpaired) electrons. The molecule has 2 aliphatic rings. The molecule has 0 bridgehead atoms. The van der Waals surface area contributed by atoms with Crippen LogP contribution in [0.15, 0.2) is 60.7 Å². The standard InChI is InChI=1S/C29H40N2O3/c1-22(34-27(32)31-28(2,3)21-33-29(31,4)5)26(18-23-16-17-23)30(19-24-12-8-6-9-13-24)20-25-14-10-7-11-15-25/h6-15,22-23,26H,16-21H2,1-5H3/t22-,26+/m0/s1. The maximum Gasteiger partial charge on any atom is 0.412 e. The van der Waals surface area contributed by atoms with Gasteiger partial charge in [0.2, 0.25) is 0 Å². The summed E-state index contributed by atoms with van der Waals surface area (Å²) in [6.45, 7) is 12.1. The minimum absolute atomic E-state index is 0.131. The number of benzene rings is 2. The number of nitrogens with zero attached hydrogens (tertiary/aromatic N) is 2. The second-order valence-corrected chi connectivity index (χ2v) is 11.1. The van der Waals surface area contributed by atoms with Crippen molar-refractivity contribution in [1.82, 2.24) is 9.80 Å². The molecule has 1 saturated heterocycles. The highest BCUT2D eigenvalue weighted by atomic mass is 16.6. The summed E-state index contributed by atoms with van der Waals surface area (Å²) in [6.07, 6.45) is 3.04. The summed E-state index contributed by atoms with van der Waals surface area (Å²) in [4.78, 5) is 17.7. The predicted molar refractivity (Wildman–Crippen MR) is 135 cm³/mol. The van der Waals surface area contributed by atoms with Crippen molar-refractivity contribution in [3.8, 4) is 0 Å². The molecule has 1 aliphatic heterocycles. The zero-order valence-electron chi connectivity index (χ0n) is 21.4. The molecule has 5 heteroatoms. The van der Waals surface area contributed by atoms with Gasteiger partial charge in [0.15, 0.2) is 0 Å². The van der Waals surface area contributed by atoms with Crippen molar-refractivity contribution < 1.29 is 14.3 Å². The Hall–Kier alpha value is -2.37. The van der Waals surface area contributed by atoms with Crippen molar-refractivity contribution >= 4 is 6.09 Å². The minimum Gasteiger partial charge on any atom is -0.445 e. The van der Waals surface area contributed by atoms with Gasteiger partial charge in [0, 0.05) is 19.1 Å². The first-order valence-electron chi connectivity index (χ1n) is 12.6. The second kappa shape index (κ2) is 10.1. The van der Waals surface area contributed by atoms with Crippen LogP contribution in [0, 0.1) is 5.92 Å². The summed E-state index contributed by atoms with van der Waals surface area (Å²) in [5.74, 6) is 0.711. The van der Waals surface area contributed by atoms with Crippen LogP contribution in [0.5, 0.6) is 0 Å². The highest BCUT2D eigenvalue weighted by molar-refractivity contribution is 5.70. The average Bonchev–Trinajstić information content (AvgIpc) is 3.57. The fourth-order valence-corrected chi connectivity index (χ4v) is 5.23. The van der Waals surface area contributed by atoms with Crippen molar-refractivity contribution in [3.05, 3.63) is 71.8 Å². The number of hydrogen-bond donors (Lipinski definition) is 0. The van der Waals surface area contributed by atoms with Crippen molar-refractivity contribution in [3.63, 3.8) is 0 Å². The monoisotopic (exact) mass is 464 g/mol. The lowest BCUT2D eigenvalue weighted by Crippen LogP contribution is -2.54. The van der Waals surface area contributed by atoms with Gasteiger partial charge in [-0.3, -0.25) is 9.80 Å². The van der Waals surface area contributed by atoms with E-state index in [0.717, 1.165) is 19.5 Å². The molecule has 2 fully saturated rings. The molecule has 0 aromatic heterocycles. The van der Waals surface area contributed by atoms with Gasteiger partial charge in [-0.15, -0.1) is 0 Å². The molecule has 1 saturated carbocycles. The third-order valence-electron chi connectivity index (χ3n) is 7.13. The highest BCUT2D eigenvalue weighted by Gasteiger charge is 2.50. The number of ether oxygens (including phenoxy) is 2. The van der Waals surface area contributed by atoms with E-state index in [1.54, 1.807) is 4.90 Å². The van der Waals surface area contributed by atoms with Crippen molar-refractivity contribution in [1.29, 1.82) is 0 Å². The molecular formula is C29H40N2O3. The van der Waals surface area contributed by atoms with Crippen LogP contribution >= 0.6 is 0 Å². The van der Waals surface area contributed by atoms with Crippen molar-refractivity contribution in [2.75, 3.05) is 6.61 Å². The predicted octanol–water partition coefficient (Wildman–Crippen LogP) is 6.23. The molecule has 2 aromatic carbocycles. The smallest absolute Gasteiger partial charge is 0.412 e. The summed E-state index contributed by atoms with van der Waals surface area (Å²) in [5, 5.41) is 0. The van der Waals surface area contributed by atoms with Crippen molar-refractivity contribution in [2.24, 2.45) is 5.92 Å². The largest absolute Gasteiger partial charge is 0.445 e. The first-order chi connectivity index (χ1) is 16.2. The van der Waals surface area contributed by atoms with E-state index in [1.165, 1.54) is 24.0 Å². The normalized spacial score (nSPS) is 20.8. The Balaban J connectivity index is 1.56. The molecule has 4 rings (SSSR count). The number of hydrogen-bond acceptors (Lipinski definition) is 4. The fraction of sp³-hybridized carbons (Fsp3) is 0.552. The van der Waals surface area contributed by atoms with Crippen LogP contribution in [0.4, 0.5) is 4.79 Å². The number of carbonyl (C=O) groups excluding carboxylic acids is 1. The molecule has 1 amide bonds. The van der Waals surface area contributed by atoms with Gasteiger partial charge in [0.05, 0.1) is 12.1 Å². The SMILES string of the molecule is C[C@H](OC(=O)N1C(C)(C)COC1(C)C)[C@@H](CC1CC1)N(Cc1ccccc1)Cc1ccccc1. The van der Waals surface area contributed by atoms with Gasteiger partial charge in [-0.25, -0.2) is 4.79 Å². The molecular weight excluding hydrogens is 424 g/mol. The first kappa shape index (κ1) is 24.7. The Labute approximate surface area is 205 Å². The third-order valence-corrected chi connectivity index (χ3v) is 7.13. The lowest BCUT2D eigenvalue weighted by molar-refractivity contribution is -0.0659. The van der Waals surface area contributed by atoms with E-state index >= 15 is 0 Å². The van der Waals surface area contributed by atoms with Crippen LogP contribution in [0.2, 0.25) is 0 Å². The zero-order chi connectivity index (χ0) is 24.3. The molecule has 0 spiro atoms. The maximum atomic E-state index is 13.4. The van der Waals surface area contributed by atoms with E-state index < -0.39 is 11.3 Å². The first-order valence-corrected chi connectivity index (χ1v) is 12.6. The van der Waals surface area contributed by atoms with Gasteiger partial charge in [0.1, 0.15) is 11.8 Å². The molecule has 1 heterocycles. The average molecular weight is 465 g/mol. The van der Waals surface area contributed by atoms with Crippen LogP contribution in [-0.4, -0.2) is 45.9 Å². The molecule has 184 valence electrons. The Bertz CT molecular complexity index is 883. The van der Waals surface area contributed by atoms with Crippen LogP contribution in [-0.2, 0) is 22.6 Å². The molecule has 0 N–H and O–H groups in total. The molecule has 5 nitrogen and oxygen atoms in total. The fourth-order valence-electron chi connectivity index (χ4n) is 5.23. The lowest BCUT2D eigenvalue weighted by Gasteiger charge is -2.40. The van der Waals surface area contributed by atoms with E-state index in [4.69, 9.17) is 9.47 Å². The molecule has 2 aromatic rings. The molecule has 2 atom stereocenters. The van der Waals surface area contributed by atoms with E-state index in [1.807, 2.05) is 27.7 Å². The maximum absolute atomic E-state index is 13.4. The van der Waals surface area contributed by atoms with Crippen LogP contribution < -0.4 is 0 Å². The highest BCUT2D eigenvalue weighted by Crippen LogP contribution is 2.38. The second-order valence-electron chi connectivity index (χ2n) is 11.1. The van der Waals surface area contributed by atoms with Gasteiger partial charge in [-0.05, 0) is 58.1 Å². The number of rotatable bonds is 9. The summed E-state index contributed by atoms with van der Waals surface area (Å²) < 4.78 is 12.1. The van der Waals surface area contributed by atoms with Crippen molar-refractivity contribution in [2.45, 2.75) is 90.4 Å². The number of amides is 1. The topological polar surface area (TPSA) is 42.0 Å². The van der Waals surface area contributed by atoms with E-state index in [-0.39, 0.29) is 18.2 Å². The van der Waals surface area contributed by atoms with E-state index in [2.05, 4.69) is 72.5 Å². The summed E-state index contributed by atoms with van der Waals surface area (Å²) in [7, 11) is 0. The van der Waals surface area contributed by atoms with Gasteiger partial charge >= 0.3 is 6.09 Å². The van der Waals surface area contributed by atoms with Gasteiger partial charge in [-0.1, -0.05) is 73.5 Å². The third kappa shape index (κ3) is 6.00. The quantitative estimate of drug-likeness (QED) is 0.441. The van der Waals surface area contributed by atoms with Crippen LogP contribution in [0.25, 0.3) is 0 Å². The van der Waals surface area contributed by atoms with Gasteiger partial charge in [0.25, 0.3) is 0 Å². The van der Waals surface area contributed by atoms with E-state index in [0.29, 0.717) is 12.5 Å². The minimum atomic E-state index is -0.680. The Kier molecular flexibility index (Phi) is 7.34. The molecule has 1 aliphatic carbocycles. The Morgan fingerprint density at radius 1 is 1.00 bits per heavy atom. The lowest BCUT2D eigenvalue weighted by atomic mass is 10.0. The van der Waals surface area contributed by atoms with Crippen LogP contribution in [0.3, 0.4) is 0 Å². The summed E-state index contributed by atoms with van der Waals surface area (Å²) in [5.41, 5.74) is 1.46. The number of carbonyl (C=O) groups is 1. The van der Waals surface area contributed by atoms with E-state index in [9.17, 15) is 4.79 Å².